The molecular formula is C26H23ClN4O2S. The van der Waals surface area contributed by atoms with Gasteiger partial charge in [0.15, 0.2) is 11.0 Å². The number of ether oxygens (including phenoxy) is 1. The molecule has 0 bridgehead atoms. The number of amides is 1. The maximum Gasteiger partial charge on any atom is 0.238 e. The van der Waals surface area contributed by atoms with Gasteiger partial charge < -0.3 is 10.1 Å². The highest BCUT2D eigenvalue weighted by molar-refractivity contribution is 8.00. The zero-order valence-corrected chi connectivity index (χ0v) is 19.9. The molecule has 8 heteroatoms. The molecule has 172 valence electrons. The minimum atomic E-state index is -0.453. The van der Waals surface area contributed by atoms with Crippen LogP contribution in [0.2, 0.25) is 5.02 Å². The Labute approximate surface area is 207 Å². The first kappa shape index (κ1) is 22.5. The predicted molar refractivity (Wildman–Crippen MR) is 133 cm³/mol. The molecule has 1 amide bonds. The summed E-state index contributed by atoms with van der Waals surface area (Å²) in [6.45, 7) is 0.177. The van der Waals surface area contributed by atoms with Crippen LogP contribution in [0.4, 0.5) is 0 Å². The first-order valence-corrected chi connectivity index (χ1v) is 12.3. The van der Waals surface area contributed by atoms with Crippen LogP contribution in [0.3, 0.4) is 0 Å². The number of hydrogen-bond donors (Lipinski definition) is 1. The zero-order valence-electron chi connectivity index (χ0n) is 18.3. The number of aromatic nitrogens is 3. The van der Waals surface area contributed by atoms with Crippen LogP contribution in [0.25, 0.3) is 5.69 Å². The lowest BCUT2D eigenvalue weighted by Gasteiger charge is -2.17. The van der Waals surface area contributed by atoms with E-state index in [0.717, 1.165) is 24.1 Å². The molecule has 1 N–H and O–H groups in total. The third-order valence-electron chi connectivity index (χ3n) is 5.40. The van der Waals surface area contributed by atoms with E-state index in [9.17, 15) is 4.79 Å². The molecule has 4 aromatic rings. The molecule has 3 aromatic carbocycles. The van der Waals surface area contributed by atoms with Crippen molar-refractivity contribution in [2.75, 3.05) is 0 Å². The summed E-state index contributed by atoms with van der Waals surface area (Å²) in [6.07, 6.45) is 2.06. The normalized spacial score (nSPS) is 13.9. The van der Waals surface area contributed by atoms with Crippen molar-refractivity contribution in [3.8, 4) is 11.4 Å². The van der Waals surface area contributed by atoms with Crippen LogP contribution >= 0.6 is 23.4 Å². The summed E-state index contributed by atoms with van der Waals surface area (Å²) in [5, 5.41) is 12.7. The van der Waals surface area contributed by atoms with Crippen molar-refractivity contribution in [1.82, 2.24) is 20.1 Å². The second kappa shape index (κ2) is 10.3. The van der Waals surface area contributed by atoms with Gasteiger partial charge in [0, 0.05) is 11.7 Å². The Morgan fingerprint density at radius 2 is 1.68 bits per heavy atom. The minimum absolute atomic E-state index is 0.0184. The number of carbonyl (C=O) groups excluding carboxylic acids is 1. The second-order valence-electron chi connectivity index (χ2n) is 7.98. The van der Waals surface area contributed by atoms with Gasteiger partial charge in [-0.15, -0.1) is 10.2 Å². The van der Waals surface area contributed by atoms with Crippen molar-refractivity contribution in [1.29, 1.82) is 0 Å². The molecule has 0 spiro atoms. The van der Waals surface area contributed by atoms with Crippen LogP contribution in [0.1, 0.15) is 29.5 Å². The average molecular weight is 491 g/mol. The van der Waals surface area contributed by atoms with Gasteiger partial charge in [0.05, 0.1) is 5.02 Å². The van der Waals surface area contributed by atoms with Crippen LogP contribution in [0, 0.1) is 0 Å². The predicted octanol–water partition coefficient (Wildman–Crippen LogP) is 5.61. The monoisotopic (exact) mass is 490 g/mol. The van der Waals surface area contributed by atoms with Gasteiger partial charge >= 0.3 is 0 Å². The van der Waals surface area contributed by atoms with E-state index in [1.165, 1.54) is 11.8 Å². The fourth-order valence-corrected chi connectivity index (χ4v) is 4.79. The maximum atomic E-state index is 13.2. The number of hydrogen-bond acceptors (Lipinski definition) is 5. The van der Waals surface area contributed by atoms with Gasteiger partial charge in [-0.25, -0.2) is 0 Å². The van der Waals surface area contributed by atoms with Gasteiger partial charge in [0.2, 0.25) is 5.91 Å². The van der Waals surface area contributed by atoms with Crippen LogP contribution in [0.15, 0.2) is 90.1 Å². The van der Waals surface area contributed by atoms with E-state index >= 15 is 0 Å². The van der Waals surface area contributed by atoms with Crippen molar-refractivity contribution in [3.05, 3.63) is 101 Å². The maximum absolute atomic E-state index is 13.2. The number of nitrogens with one attached hydrogen (secondary N) is 1. The number of nitrogens with zero attached hydrogens (tertiary/aromatic N) is 3. The van der Waals surface area contributed by atoms with Crippen molar-refractivity contribution < 1.29 is 9.53 Å². The van der Waals surface area contributed by atoms with Crippen molar-refractivity contribution in [2.45, 2.75) is 35.9 Å². The molecule has 1 fully saturated rings. The van der Waals surface area contributed by atoms with E-state index in [2.05, 4.69) is 15.5 Å². The number of carbonyl (C=O) groups is 1. The Bertz CT molecular complexity index is 1260. The lowest BCUT2D eigenvalue weighted by Crippen LogP contribution is -2.30. The molecule has 0 unspecified atom stereocenters. The summed E-state index contributed by atoms with van der Waals surface area (Å²) in [6, 6.07) is 27.2. The van der Waals surface area contributed by atoms with Gasteiger partial charge in [-0.05, 0) is 42.7 Å². The van der Waals surface area contributed by atoms with Crippen molar-refractivity contribution >= 4 is 29.3 Å². The quantitative estimate of drug-likeness (QED) is 0.309. The fourth-order valence-electron chi connectivity index (χ4n) is 3.52. The van der Waals surface area contributed by atoms with E-state index < -0.39 is 5.25 Å². The second-order valence-corrected chi connectivity index (χ2v) is 9.46. The molecule has 34 heavy (non-hydrogen) atoms. The third kappa shape index (κ3) is 5.26. The lowest BCUT2D eigenvalue weighted by atomic mass is 10.1. The average Bonchev–Trinajstić information content (AvgIpc) is 3.60. The van der Waals surface area contributed by atoms with Crippen LogP contribution in [-0.2, 0) is 11.4 Å². The molecule has 1 heterocycles. The number of halogens is 1. The van der Waals surface area contributed by atoms with Gasteiger partial charge in [0.25, 0.3) is 0 Å². The van der Waals surface area contributed by atoms with Crippen molar-refractivity contribution in [2.24, 2.45) is 0 Å². The van der Waals surface area contributed by atoms with E-state index in [1.54, 1.807) is 6.07 Å². The van der Waals surface area contributed by atoms with E-state index in [0.29, 0.717) is 21.8 Å². The SMILES string of the molecule is O=C(NC1CC1)[C@@H](Sc1nnc(COc2ccccc2Cl)n1-c1ccccc1)c1ccccc1. The minimum Gasteiger partial charge on any atom is -0.484 e. The Morgan fingerprint density at radius 1 is 1.00 bits per heavy atom. The Morgan fingerprint density at radius 3 is 2.38 bits per heavy atom. The van der Waals surface area contributed by atoms with E-state index in [-0.39, 0.29) is 18.6 Å². The molecule has 0 aliphatic heterocycles. The molecule has 1 aliphatic carbocycles. The highest BCUT2D eigenvalue weighted by Gasteiger charge is 2.31. The highest BCUT2D eigenvalue weighted by Crippen LogP contribution is 2.37. The van der Waals surface area contributed by atoms with Gasteiger partial charge in [-0.2, -0.15) is 0 Å². The Balaban J connectivity index is 1.47. The highest BCUT2D eigenvalue weighted by atomic mass is 35.5. The summed E-state index contributed by atoms with van der Waals surface area (Å²) in [5.41, 5.74) is 1.81. The smallest absolute Gasteiger partial charge is 0.238 e. The number of thioether (sulfide) groups is 1. The summed E-state index contributed by atoms with van der Waals surface area (Å²) >= 11 is 7.64. The number of rotatable bonds is 9. The van der Waals surface area contributed by atoms with Crippen molar-refractivity contribution in [3.63, 3.8) is 0 Å². The molecule has 1 saturated carbocycles. The van der Waals surface area contributed by atoms with Gasteiger partial charge in [-0.1, -0.05) is 84.0 Å². The topological polar surface area (TPSA) is 69.0 Å². The standard InChI is InChI=1S/C26H23ClN4O2S/c27-21-13-7-8-14-22(21)33-17-23-29-30-26(31(23)20-11-5-2-6-12-20)34-24(18-9-3-1-4-10-18)25(32)28-19-15-16-19/h1-14,19,24H,15-17H2,(H,28,32)/t24-/m0/s1. The van der Waals surface area contributed by atoms with Crippen LogP contribution in [-0.4, -0.2) is 26.7 Å². The van der Waals surface area contributed by atoms with Gasteiger partial charge in [-0.3, -0.25) is 9.36 Å². The summed E-state index contributed by atoms with van der Waals surface area (Å²) < 4.78 is 7.88. The third-order valence-corrected chi connectivity index (χ3v) is 6.90. The Hall–Kier alpha value is -3.29. The molecule has 5 rings (SSSR count). The molecule has 0 radical (unpaired) electrons. The van der Waals surface area contributed by atoms with E-state index in [4.69, 9.17) is 16.3 Å². The summed E-state index contributed by atoms with van der Waals surface area (Å²) in [5.74, 6) is 1.17. The molecule has 1 atom stereocenters. The summed E-state index contributed by atoms with van der Waals surface area (Å²) in [4.78, 5) is 13.2. The molecule has 0 saturated heterocycles. The molecular weight excluding hydrogens is 468 g/mol. The largest absolute Gasteiger partial charge is 0.484 e. The number of benzene rings is 3. The van der Waals surface area contributed by atoms with Gasteiger partial charge in [0.1, 0.15) is 17.6 Å². The van der Waals surface area contributed by atoms with E-state index in [1.807, 2.05) is 83.4 Å². The Kier molecular flexibility index (Phi) is 6.83. The summed E-state index contributed by atoms with van der Waals surface area (Å²) in [7, 11) is 0. The van der Waals surface area contributed by atoms with Crippen LogP contribution in [0.5, 0.6) is 5.75 Å². The molecule has 1 aliphatic rings. The molecule has 6 nitrogen and oxygen atoms in total. The molecule has 1 aromatic heterocycles. The first-order valence-electron chi connectivity index (χ1n) is 11.1. The lowest BCUT2D eigenvalue weighted by molar-refractivity contribution is -0.120. The first-order chi connectivity index (χ1) is 16.7. The fraction of sp³-hybridized carbons (Fsp3) is 0.192. The number of para-hydroxylation sites is 2. The van der Waals surface area contributed by atoms with Crippen LogP contribution < -0.4 is 10.1 Å². The zero-order chi connectivity index (χ0) is 23.3.